The normalized spacial score (nSPS) is 14.5. The Morgan fingerprint density at radius 1 is 1.32 bits per heavy atom. The van der Waals surface area contributed by atoms with Crippen LogP contribution in [0.3, 0.4) is 0 Å². The molecule has 1 aromatic rings. The lowest BCUT2D eigenvalue weighted by Gasteiger charge is -2.09. The molecule has 1 aliphatic heterocycles. The van der Waals surface area contributed by atoms with Crippen LogP contribution in [0.1, 0.15) is 37.8 Å². The number of rotatable bonds is 6. The summed E-state index contributed by atoms with van der Waals surface area (Å²) >= 11 is 0. The number of nitrogens with zero attached hydrogens (tertiary/aromatic N) is 4. The molecular formula is C15H27IN6. The molecule has 0 saturated carbocycles. The van der Waals surface area contributed by atoms with E-state index < -0.39 is 0 Å². The summed E-state index contributed by atoms with van der Waals surface area (Å²) in [6.45, 7) is 9.09. The van der Waals surface area contributed by atoms with Gasteiger partial charge in [-0.15, -0.1) is 40.8 Å². The van der Waals surface area contributed by atoms with Gasteiger partial charge in [0, 0.05) is 39.0 Å². The van der Waals surface area contributed by atoms with E-state index in [1.165, 1.54) is 19.3 Å². The Morgan fingerprint density at radius 3 is 2.95 bits per heavy atom. The van der Waals surface area contributed by atoms with Crippen LogP contribution < -0.4 is 10.6 Å². The molecule has 0 bridgehead atoms. The number of nitrogens with one attached hydrogen (secondary N) is 2. The van der Waals surface area contributed by atoms with Crippen molar-refractivity contribution in [3.63, 3.8) is 0 Å². The summed E-state index contributed by atoms with van der Waals surface area (Å²) < 4.78 is 2.28. The summed E-state index contributed by atoms with van der Waals surface area (Å²) in [6, 6.07) is 0. The van der Waals surface area contributed by atoms with Crippen molar-refractivity contribution in [1.29, 1.82) is 0 Å². The molecule has 6 nitrogen and oxygen atoms in total. The number of hydrogen-bond acceptors (Lipinski definition) is 3. The van der Waals surface area contributed by atoms with E-state index in [0.29, 0.717) is 13.1 Å². The Kier molecular flexibility index (Phi) is 9.10. The first-order valence-corrected chi connectivity index (χ1v) is 7.89. The number of guanidine groups is 1. The van der Waals surface area contributed by atoms with E-state index in [4.69, 9.17) is 0 Å². The maximum atomic E-state index is 4.56. The molecule has 1 aliphatic rings. The zero-order chi connectivity index (χ0) is 14.9. The molecule has 1 aromatic heterocycles. The molecule has 124 valence electrons. The first-order chi connectivity index (χ1) is 10.3. The van der Waals surface area contributed by atoms with Gasteiger partial charge >= 0.3 is 0 Å². The molecule has 2 heterocycles. The van der Waals surface area contributed by atoms with Crippen LogP contribution in [0, 0.1) is 0 Å². The van der Waals surface area contributed by atoms with Gasteiger partial charge in [-0.05, 0) is 19.8 Å². The number of halogens is 1. The average Bonchev–Trinajstić information content (AvgIpc) is 2.72. The van der Waals surface area contributed by atoms with Crippen LogP contribution in [0.15, 0.2) is 17.6 Å². The van der Waals surface area contributed by atoms with Crippen molar-refractivity contribution in [2.24, 2.45) is 4.99 Å². The van der Waals surface area contributed by atoms with Crippen LogP contribution in [-0.2, 0) is 19.4 Å². The number of fused-ring (bicyclic) bond motifs is 1. The highest BCUT2D eigenvalue weighted by atomic mass is 127. The Hall–Kier alpha value is -1.12. The van der Waals surface area contributed by atoms with Crippen molar-refractivity contribution in [3.8, 4) is 0 Å². The van der Waals surface area contributed by atoms with Crippen LogP contribution in [-0.4, -0.2) is 40.4 Å². The van der Waals surface area contributed by atoms with E-state index in [1.54, 1.807) is 0 Å². The number of aromatic nitrogens is 3. The average molecular weight is 418 g/mol. The van der Waals surface area contributed by atoms with Crippen LogP contribution >= 0.6 is 24.0 Å². The van der Waals surface area contributed by atoms with Gasteiger partial charge in [-0.1, -0.05) is 12.5 Å². The summed E-state index contributed by atoms with van der Waals surface area (Å²) in [6.07, 6.45) is 7.46. The first-order valence-electron chi connectivity index (χ1n) is 7.89. The summed E-state index contributed by atoms with van der Waals surface area (Å²) in [7, 11) is 0. The zero-order valence-corrected chi connectivity index (χ0v) is 15.7. The summed E-state index contributed by atoms with van der Waals surface area (Å²) in [5.74, 6) is 3.03. The fraction of sp³-hybridized carbons (Fsp3) is 0.667. The van der Waals surface area contributed by atoms with Crippen molar-refractivity contribution in [2.75, 3.05) is 19.6 Å². The Bertz CT molecular complexity index is 482. The minimum Gasteiger partial charge on any atom is -0.357 e. The van der Waals surface area contributed by atoms with Gasteiger partial charge in [-0.25, -0.2) is 0 Å². The SMILES string of the molecule is C=CCNC(=NCCc1nnc2n1CCCCC2)NCC.I. The molecule has 0 unspecified atom stereocenters. The molecule has 0 aliphatic carbocycles. The van der Waals surface area contributed by atoms with Gasteiger partial charge in [-0.3, -0.25) is 4.99 Å². The van der Waals surface area contributed by atoms with Gasteiger partial charge in [0.25, 0.3) is 0 Å². The lowest BCUT2D eigenvalue weighted by molar-refractivity contribution is 0.604. The Morgan fingerprint density at radius 2 is 2.18 bits per heavy atom. The highest BCUT2D eigenvalue weighted by molar-refractivity contribution is 14.0. The predicted molar refractivity (Wildman–Crippen MR) is 101 cm³/mol. The molecule has 0 aromatic carbocycles. The van der Waals surface area contributed by atoms with Crippen LogP contribution in [0.25, 0.3) is 0 Å². The summed E-state index contributed by atoms with van der Waals surface area (Å²) in [5, 5.41) is 15.1. The van der Waals surface area contributed by atoms with Crippen LogP contribution in [0.5, 0.6) is 0 Å². The van der Waals surface area contributed by atoms with E-state index in [2.05, 4.69) is 43.9 Å². The van der Waals surface area contributed by atoms with Crippen molar-refractivity contribution >= 4 is 29.9 Å². The molecule has 0 radical (unpaired) electrons. The predicted octanol–water partition coefficient (Wildman–Crippen LogP) is 1.91. The molecule has 0 atom stereocenters. The van der Waals surface area contributed by atoms with Crippen molar-refractivity contribution in [1.82, 2.24) is 25.4 Å². The molecule has 2 rings (SSSR count). The molecule has 0 fully saturated rings. The van der Waals surface area contributed by atoms with Crippen LogP contribution in [0.4, 0.5) is 0 Å². The first kappa shape index (κ1) is 18.9. The second kappa shape index (κ2) is 10.6. The quantitative estimate of drug-likeness (QED) is 0.321. The maximum Gasteiger partial charge on any atom is 0.191 e. The third kappa shape index (κ3) is 5.58. The minimum atomic E-state index is 0. The Balaban J connectivity index is 0.00000242. The van der Waals surface area contributed by atoms with Crippen molar-refractivity contribution < 1.29 is 0 Å². The van der Waals surface area contributed by atoms with Gasteiger partial charge in [-0.2, -0.15) is 0 Å². The van der Waals surface area contributed by atoms with Crippen molar-refractivity contribution in [2.45, 2.75) is 45.6 Å². The molecule has 7 heteroatoms. The minimum absolute atomic E-state index is 0. The topological polar surface area (TPSA) is 67.1 Å². The van der Waals surface area contributed by atoms with E-state index >= 15 is 0 Å². The monoisotopic (exact) mass is 418 g/mol. The molecule has 22 heavy (non-hydrogen) atoms. The fourth-order valence-corrected chi connectivity index (χ4v) is 2.51. The zero-order valence-electron chi connectivity index (χ0n) is 13.3. The third-order valence-electron chi connectivity index (χ3n) is 3.55. The van der Waals surface area contributed by atoms with Gasteiger partial charge in [0.2, 0.25) is 0 Å². The number of hydrogen-bond donors (Lipinski definition) is 2. The van der Waals surface area contributed by atoms with Crippen molar-refractivity contribution in [3.05, 3.63) is 24.3 Å². The summed E-state index contributed by atoms with van der Waals surface area (Å²) in [4.78, 5) is 4.56. The lowest BCUT2D eigenvalue weighted by atomic mass is 10.2. The second-order valence-electron chi connectivity index (χ2n) is 5.17. The lowest BCUT2D eigenvalue weighted by Crippen LogP contribution is -2.37. The molecule has 0 spiro atoms. The molecular weight excluding hydrogens is 391 g/mol. The smallest absolute Gasteiger partial charge is 0.191 e. The fourth-order valence-electron chi connectivity index (χ4n) is 2.51. The molecule has 0 saturated heterocycles. The van der Waals surface area contributed by atoms with E-state index in [0.717, 1.165) is 43.5 Å². The van der Waals surface area contributed by atoms with Gasteiger partial charge < -0.3 is 15.2 Å². The second-order valence-corrected chi connectivity index (χ2v) is 5.17. The number of aryl methyl sites for hydroxylation is 1. The molecule has 2 N–H and O–H groups in total. The standard InChI is InChI=1S/C15H26N6.HI/c1-3-10-17-15(16-4-2)18-11-9-14-20-19-13-8-6-5-7-12-21(13)14;/h3H,1,4-12H2,2H3,(H2,16,17,18);1H. The van der Waals surface area contributed by atoms with E-state index in [-0.39, 0.29) is 24.0 Å². The van der Waals surface area contributed by atoms with Gasteiger partial charge in [0.1, 0.15) is 11.6 Å². The van der Waals surface area contributed by atoms with Gasteiger partial charge in [0.05, 0.1) is 0 Å². The van der Waals surface area contributed by atoms with E-state index in [9.17, 15) is 0 Å². The highest BCUT2D eigenvalue weighted by Crippen LogP contribution is 2.14. The largest absolute Gasteiger partial charge is 0.357 e. The number of aliphatic imine (C=N–C) groups is 1. The highest BCUT2D eigenvalue weighted by Gasteiger charge is 2.13. The summed E-state index contributed by atoms with van der Waals surface area (Å²) in [5.41, 5.74) is 0. The maximum absolute atomic E-state index is 4.56. The van der Waals surface area contributed by atoms with Gasteiger partial charge in [0.15, 0.2) is 5.96 Å². The Labute approximate surface area is 149 Å². The molecule has 0 amide bonds. The third-order valence-corrected chi connectivity index (χ3v) is 3.55. The van der Waals surface area contributed by atoms with E-state index in [1.807, 2.05) is 6.08 Å². The van der Waals surface area contributed by atoms with Crippen LogP contribution in [0.2, 0.25) is 0 Å².